The van der Waals surface area contributed by atoms with Crippen molar-refractivity contribution in [3.63, 3.8) is 0 Å². The third kappa shape index (κ3) is 3.32. The zero-order valence-electron chi connectivity index (χ0n) is 13.9. The highest BCUT2D eigenvalue weighted by Crippen LogP contribution is 2.25. The van der Waals surface area contributed by atoms with Crippen molar-refractivity contribution in [1.82, 2.24) is 19.4 Å². The molecule has 3 aromatic rings. The molecule has 1 fully saturated rings. The van der Waals surface area contributed by atoms with Crippen LogP contribution >= 0.6 is 0 Å². The molecular weight excluding hydrogens is 319 g/mol. The van der Waals surface area contributed by atoms with Crippen LogP contribution in [0.15, 0.2) is 36.8 Å². The van der Waals surface area contributed by atoms with Gasteiger partial charge in [0.25, 0.3) is 0 Å². The highest BCUT2D eigenvalue weighted by atomic mass is 19.1. The van der Waals surface area contributed by atoms with Crippen molar-refractivity contribution in [2.24, 2.45) is 11.7 Å². The maximum absolute atomic E-state index is 14.3. The molecule has 0 aromatic carbocycles. The molecule has 1 saturated carbocycles. The smallest absolute Gasteiger partial charge is 0.223 e. The molecule has 0 atom stereocenters. The van der Waals surface area contributed by atoms with E-state index in [1.54, 1.807) is 6.20 Å². The van der Waals surface area contributed by atoms with Crippen molar-refractivity contribution in [2.45, 2.75) is 31.7 Å². The summed E-state index contributed by atoms with van der Waals surface area (Å²) in [4.78, 5) is 12.8. The van der Waals surface area contributed by atoms with Crippen molar-refractivity contribution in [3.05, 3.63) is 42.6 Å². The number of aromatic nitrogens is 4. The summed E-state index contributed by atoms with van der Waals surface area (Å²) >= 11 is 0. The molecule has 0 bridgehead atoms. The first-order valence-electron chi connectivity index (χ1n) is 8.65. The Bertz CT molecular complexity index is 869. The second kappa shape index (κ2) is 6.76. The van der Waals surface area contributed by atoms with Crippen molar-refractivity contribution in [1.29, 1.82) is 0 Å². The second-order valence-electron chi connectivity index (χ2n) is 6.62. The van der Waals surface area contributed by atoms with Gasteiger partial charge in [-0.2, -0.15) is 0 Å². The highest BCUT2D eigenvalue weighted by molar-refractivity contribution is 5.61. The van der Waals surface area contributed by atoms with Gasteiger partial charge in [-0.3, -0.25) is 4.40 Å². The summed E-state index contributed by atoms with van der Waals surface area (Å²) in [6, 6.07) is 5.98. The van der Waals surface area contributed by atoms with E-state index in [1.807, 2.05) is 28.8 Å². The van der Waals surface area contributed by atoms with E-state index in [0.717, 1.165) is 37.9 Å². The minimum Gasteiger partial charge on any atom is -0.354 e. The zero-order chi connectivity index (χ0) is 17.2. The molecule has 3 heterocycles. The van der Waals surface area contributed by atoms with Crippen LogP contribution in [0.4, 0.5) is 10.3 Å². The molecular formula is C18H21FN6. The standard InChI is InChI=1S/C18H21FN6/c19-14-10-23-18(22-9-12-4-6-13(20)7-5-12)24-17(14)15-11-21-16-3-1-2-8-25(15)16/h1-3,8,10-13H,4-7,9,20H2,(H,22,23,24). The molecule has 0 saturated heterocycles. The summed E-state index contributed by atoms with van der Waals surface area (Å²) in [5.41, 5.74) is 7.56. The van der Waals surface area contributed by atoms with Gasteiger partial charge in [0.05, 0.1) is 18.1 Å². The van der Waals surface area contributed by atoms with E-state index < -0.39 is 5.82 Å². The number of hydrogen-bond acceptors (Lipinski definition) is 5. The largest absolute Gasteiger partial charge is 0.354 e. The molecule has 1 aliphatic rings. The molecule has 4 rings (SSSR count). The maximum Gasteiger partial charge on any atom is 0.223 e. The molecule has 3 aromatic heterocycles. The summed E-state index contributed by atoms with van der Waals surface area (Å²) in [5, 5.41) is 3.25. The van der Waals surface area contributed by atoms with Gasteiger partial charge in [-0.15, -0.1) is 0 Å². The number of imidazole rings is 1. The van der Waals surface area contributed by atoms with Crippen molar-refractivity contribution >= 4 is 11.6 Å². The van der Waals surface area contributed by atoms with Gasteiger partial charge in [0.1, 0.15) is 11.3 Å². The number of halogens is 1. The highest BCUT2D eigenvalue weighted by Gasteiger charge is 2.19. The first kappa shape index (κ1) is 16.0. The van der Waals surface area contributed by atoms with Crippen LogP contribution in [-0.2, 0) is 0 Å². The average Bonchev–Trinajstić information content (AvgIpc) is 3.06. The molecule has 7 heteroatoms. The Morgan fingerprint density at radius 1 is 1.16 bits per heavy atom. The Morgan fingerprint density at radius 2 is 2.00 bits per heavy atom. The first-order chi connectivity index (χ1) is 12.2. The lowest BCUT2D eigenvalue weighted by atomic mass is 9.86. The van der Waals surface area contributed by atoms with Gasteiger partial charge in [0.15, 0.2) is 5.82 Å². The molecule has 0 unspecified atom stereocenters. The Balaban J connectivity index is 1.55. The van der Waals surface area contributed by atoms with Crippen LogP contribution in [0.5, 0.6) is 0 Å². The molecule has 1 aliphatic carbocycles. The lowest BCUT2D eigenvalue weighted by molar-refractivity contribution is 0.338. The quantitative estimate of drug-likeness (QED) is 0.763. The molecule has 0 amide bonds. The lowest BCUT2D eigenvalue weighted by Gasteiger charge is -2.26. The number of pyridine rings is 1. The van der Waals surface area contributed by atoms with Crippen LogP contribution in [0.3, 0.4) is 0 Å². The van der Waals surface area contributed by atoms with Gasteiger partial charge < -0.3 is 11.1 Å². The van der Waals surface area contributed by atoms with E-state index in [0.29, 0.717) is 23.6 Å². The molecule has 130 valence electrons. The molecule has 0 spiro atoms. The van der Waals surface area contributed by atoms with Crippen LogP contribution in [-0.4, -0.2) is 31.9 Å². The van der Waals surface area contributed by atoms with Gasteiger partial charge >= 0.3 is 0 Å². The number of anilines is 1. The summed E-state index contributed by atoms with van der Waals surface area (Å²) in [6.07, 6.45) is 9.02. The van der Waals surface area contributed by atoms with Gasteiger partial charge in [0.2, 0.25) is 5.95 Å². The Hall–Kier alpha value is -2.54. The topological polar surface area (TPSA) is 81.1 Å². The fraction of sp³-hybridized carbons (Fsp3) is 0.389. The summed E-state index contributed by atoms with van der Waals surface area (Å²) in [7, 11) is 0. The van der Waals surface area contributed by atoms with Crippen molar-refractivity contribution in [2.75, 3.05) is 11.9 Å². The monoisotopic (exact) mass is 340 g/mol. The Morgan fingerprint density at radius 3 is 2.84 bits per heavy atom. The summed E-state index contributed by atoms with van der Waals surface area (Å²) in [6.45, 7) is 0.783. The normalized spacial score (nSPS) is 20.7. The number of rotatable bonds is 4. The van der Waals surface area contributed by atoms with Crippen molar-refractivity contribution in [3.8, 4) is 11.4 Å². The van der Waals surface area contributed by atoms with E-state index in [-0.39, 0.29) is 5.69 Å². The summed E-state index contributed by atoms with van der Waals surface area (Å²) in [5.74, 6) is 0.546. The first-order valence-corrected chi connectivity index (χ1v) is 8.65. The predicted octanol–water partition coefficient (Wildman–Crippen LogP) is 2.86. The molecule has 0 aliphatic heterocycles. The Labute approximate surface area is 145 Å². The zero-order valence-corrected chi connectivity index (χ0v) is 13.9. The van der Waals surface area contributed by atoms with Crippen LogP contribution in [0.1, 0.15) is 25.7 Å². The maximum atomic E-state index is 14.3. The minimum absolute atomic E-state index is 0.252. The predicted molar refractivity (Wildman–Crippen MR) is 94.6 cm³/mol. The van der Waals surface area contributed by atoms with E-state index in [2.05, 4.69) is 20.3 Å². The second-order valence-corrected chi connectivity index (χ2v) is 6.62. The summed E-state index contributed by atoms with van der Waals surface area (Å²) < 4.78 is 16.1. The SMILES string of the molecule is NC1CCC(CNc2ncc(F)c(-c3cnc4ccccn34)n2)CC1. The minimum atomic E-state index is -0.458. The van der Waals surface area contributed by atoms with E-state index in [9.17, 15) is 4.39 Å². The van der Waals surface area contributed by atoms with Gasteiger partial charge in [-0.05, 0) is 43.7 Å². The fourth-order valence-corrected chi connectivity index (χ4v) is 3.37. The fourth-order valence-electron chi connectivity index (χ4n) is 3.37. The van der Waals surface area contributed by atoms with Crippen molar-refractivity contribution < 1.29 is 4.39 Å². The Kier molecular flexibility index (Phi) is 4.31. The van der Waals surface area contributed by atoms with Gasteiger partial charge in [-0.1, -0.05) is 6.07 Å². The van der Waals surface area contributed by atoms with Crippen LogP contribution < -0.4 is 11.1 Å². The van der Waals surface area contributed by atoms with Crippen LogP contribution in [0.2, 0.25) is 0 Å². The molecule has 3 N–H and O–H groups in total. The average molecular weight is 340 g/mol. The number of hydrogen-bond donors (Lipinski definition) is 2. The third-order valence-corrected chi connectivity index (χ3v) is 4.84. The number of fused-ring (bicyclic) bond motifs is 1. The van der Waals surface area contributed by atoms with Crippen LogP contribution in [0.25, 0.3) is 17.0 Å². The van der Waals surface area contributed by atoms with E-state index >= 15 is 0 Å². The number of nitrogens with zero attached hydrogens (tertiary/aromatic N) is 4. The van der Waals surface area contributed by atoms with Crippen LogP contribution in [0, 0.1) is 11.7 Å². The molecule has 0 radical (unpaired) electrons. The van der Waals surface area contributed by atoms with Gasteiger partial charge in [-0.25, -0.2) is 19.3 Å². The third-order valence-electron chi connectivity index (χ3n) is 4.84. The van der Waals surface area contributed by atoms with E-state index in [4.69, 9.17) is 5.73 Å². The lowest BCUT2D eigenvalue weighted by Crippen LogP contribution is -2.29. The molecule has 6 nitrogen and oxygen atoms in total. The molecule has 25 heavy (non-hydrogen) atoms. The van der Waals surface area contributed by atoms with Gasteiger partial charge in [0, 0.05) is 18.8 Å². The number of nitrogens with two attached hydrogens (primary N) is 1. The number of nitrogens with one attached hydrogen (secondary N) is 1. The van der Waals surface area contributed by atoms with E-state index in [1.165, 1.54) is 6.20 Å².